The minimum Gasteiger partial charge on any atom is -0.342 e. The topological polar surface area (TPSA) is 23.6 Å². The fraction of sp³-hybridized carbons (Fsp3) is 0.889. The summed E-state index contributed by atoms with van der Waals surface area (Å²) in [6.45, 7) is 2.44. The Morgan fingerprint density at radius 3 is 2.46 bits per heavy atom. The van der Waals surface area contributed by atoms with Crippen LogP contribution in [0.5, 0.6) is 0 Å². The van der Waals surface area contributed by atoms with E-state index in [1.165, 1.54) is 0 Å². The van der Waals surface area contributed by atoms with E-state index in [1.54, 1.807) is 0 Å². The maximum absolute atomic E-state index is 11.6. The lowest BCUT2D eigenvalue weighted by atomic mass is 10.1. The quantitative estimate of drug-likeness (QED) is 0.560. The molecule has 0 bridgehead atoms. The van der Waals surface area contributed by atoms with Crippen LogP contribution in [0.2, 0.25) is 0 Å². The summed E-state index contributed by atoms with van der Waals surface area (Å²) in [5.74, 6) is 0.272. The number of likely N-dealkylation sites (N-methyl/N-ethyl adjacent to an activating group) is 1. The van der Waals surface area contributed by atoms with Gasteiger partial charge in [0.25, 0.3) is 0 Å². The van der Waals surface area contributed by atoms with E-state index in [2.05, 4.69) is 22.6 Å². The van der Waals surface area contributed by atoms with Gasteiger partial charge in [-0.3, -0.25) is 4.79 Å². The van der Waals surface area contributed by atoms with Crippen molar-refractivity contribution in [2.45, 2.75) is 16.8 Å². The molecule has 1 fully saturated rings. The molecule has 1 saturated heterocycles. The van der Waals surface area contributed by atoms with Crippen LogP contribution in [-0.2, 0) is 4.79 Å². The number of likely N-dealkylation sites (tertiary alicyclic amines) is 1. The second-order valence-electron chi connectivity index (χ2n) is 3.79. The number of carbonyl (C=O) groups is 1. The Morgan fingerprint density at radius 2 is 2.00 bits per heavy atom. The molecule has 1 aliphatic heterocycles. The summed E-state index contributed by atoms with van der Waals surface area (Å²) >= 11 is 2.47. The van der Waals surface area contributed by atoms with Crippen LogP contribution in [0.1, 0.15) is 12.8 Å². The maximum Gasteiger partial charge on any atom is 0.236 e. The summed E-state index contributed by atoms with van der Waals surface area (Å²) in [5, 5.41) is 0. The molecule has 76 valence electrons. The molecule has 4 heteroatoms. The molecule has 0 spiro atoms. The van der Waals surface area contributed by atoms with Crippen molar-refractivity contribution in [1.82, 2.24) is 9.80 Å². The van der Waals surface area contributed by atoms with Gasteiger partial charge >= 0.3 is 0 Å². The highest BCUT2D eigenvalue weighted by atomic mass is 127. The zero-order valence-corrected chi connectivity index (χ0v) is 10.5. The van der Waals surface area contributed by atoms with Crippen LogP contribution in [0.15, 0.2) is 0 Å². The van der Waals surface area contributed by atoms with Gasteiger partial charge in [0, 0.05) is 17.0 Å². The van der Waals surface area contributed by atoms with Crippen molar-refractivity contribution in [3.05, 3.63) is 0 Å². The van der Waals surface area contributed by atoms with E-state index in [0.29, 0.717) is 6.54 Å². The highest BCUT2D eigenvalue weighted by Crippen LogP contribution is 2.17. The average Bonchev–Trinajstić information content (AvgIpc) is 2.04. The Morgan fingerprint density at radius 1 is 1.46 bits per heavy atom. The number of nitrogens with zero attached hydrogens (tertiary/aromatic N) is 2. The number of carbonyl (C=O) groups excluding carboxylic acids is 1. The van der Waals surface area contributed by atoms with Crippen LogP contribution in [0.3, 0.4) is 0 Å². The molecule has 0 aliphatic carbocycles. The van der Waals surface area contributed by atoms with Gasteiger partial charge in [-0.25, -0.2) is 0 Å². The first kappa shape index (κ1) is 11.2. The number of amides is 1. The zero-order chi connectivity index (χ0) is 9.84. The smallest absolute Gasteiger partial charge is 0.236 e. The third kappa shape index (κ3) is 3.81. The molecule has 0 aromatic carbocycles. The van der Waals surface area contributed by atoms with E-state index in [-0.39, 0.29) is 5.91 Å². The fourth-order valence-electron chi connectivity index (χ4n) is 1.47. The lowest BCUT2D eigenvalue weighted by Crippen LogP contribution is -2.42. The second kappa shape index (κ2) is 5.14. The first-order valence-corrected chi connectivity index (χ1v) is 5.90. The molecule has 0 N–H and O–H groups in total. The molecule has 0 radical (unpaired) electrons. The van der Waals surface area contributed by atoms with Gasteiger partial charge < -0.3 is 9.80 Å². The Kier molecular flexibility index (Phi) is 4.45. The van der Waals surface area contributed by atoms with Crippen molar-refractivity contribution >= 4 is 28.5 Å². The molecule has 1 aliphatic rings. The van der Waals surface area contributed by atoms with E-state index >= 15 is 0 Å². The summed E-state index contributed by atoms with van der Waals surface area (Å²) < 4.78 is 0.765. The Balaban J connectivity index is 2.31. The van der Waals surface area contributed by atoms with Crippen molar-refractivity contribution in [2.24, 2.45) is 0 Å². The molecule has 0 aromatic rings. The molecule has 0 unspecified atom stereocenters. The number of piperidine rings is 1. The van der Waals surface area contributed by atoms with Gasteiger partial charge in [-0.2, -0.15) is 0 Å². The first-order chi connectivity index (χ1) is 6.09. The predicted molar refractivity (Wildman–Crippen MR) is 62.2 cm³/mol. The van der Waals surface area contributed by atoms with Gasteiger partial charge in [0.15, 0.2) is 0 Å². The highest BCUT2D eigenvalue weighted by molar-refractivity contribution is 14.1. The summed E-state index contributed by atoms with van der Waals surface area (Å²) in [6, 6.07) is 0. The summed E-state index contributed by atoms with van der Waals surface area (Å²) in [6.07, 6.45) is 2.31. The molecule has 1 heterocycles. The van der Waals surface area contributed by atoms with E-state index in [0.717, 1.165) is 29.9 Å². The number of hydrogen-bond donors (Lipinski definition) is 0. The van der Waals surface area contributed by atoms with Crippen LogP contribution in [0, 0.1) is 0 Å². The van der Waals surface area contributed by atoms with Crippen LogP contribution < -0.4 is 0 Å². The van der Waals surface area contributed by atoms with Gasteiger partial charge in [0.1, 0.15) is 0 Å². The number of rotatable bonds is 2. The Hall–Kier alpha value is 0.160. The maximum atomic E-state index is 11.6. The van der Waals surface area contributed by atoms with E-state index in [1.807, 2.05) is 23.9 Å². The summed E-state index contributed by atoms with van der Waals surface area (Å²) in [7, 11) is 3.87. The van der Waals surface area contributed by atoms with Crippen LogP contribution in [0.25, 0.3) is 0 Å². The van der Waals surface area contributed by atoms with Crippen LogP contribution in [-0.4, -0.2) is 53.4 Å². The van der Waals surface area contributed by atoms with Gasteiger partial charge in [0.05, 0.1) is 6.54 Å². The Labute approximate surface area is 93.6 Å². The first-order valence-electron chi connectivity index (χ1n) is 4.66. The second-order valence-corrected chi connectivity index (χ2v) is 5.55. The van der Waals surface area contributed by atoms with Gasteiger partial charge in [0.2, 0.25) is 5.91 Å². The minimum absolute atomic E-state index is 0.272. The third-order valence-electron chi connectivity index (χ3n) is 2.23. The molecule has 1 amide bonds. The SMILES string of the molecule is CN(C)CC(=O)N1CCC(I)CC1. The van der Waals surface area contributed by atoms with Gasteiger partial charge in [-0.05, 0) is 26.9 Å². The lowest BCUT2D eigenvalue weighted by Gasteiger charge is -2.30. The van der Waals surface area contributed by atoms with Crippen molar-refractivity contribution in [3.63, 3.8) is 0 Å². The van der Waals surface area contributed by atoms with Gasteiger partial charge in [-0.1, -0.05) is 22.6 Å². The molecular formula is C9H17IN2O. The number of hydrogen-bond acceptors (Lipinski definition) is 2. The average molecular weight is 296 g/mol. The molecule has 0 aromatic heterocycles. The molecule has 3 nitrogen and oxygen atoms in total. The lowest BCUT2D eigenvalue weighted by molar-refractivity contribution is -0.132. The number of halogens is 1. The summed E-state index contributed by atoms with van der Waals surface area (Å²) in [5.41, 5.74) is 0. The van der Waals surface area contributed by atoms with Crippen molar-refractivity contribution in [1.29, 1.82) is 0 Å². The largest absolute Gasteiger partial charge is 0.342 e. The van der Waals surface area contributed by atoms with Crippen LogP contribution >= 0.6 is 22.6 Å². The standard InChI is InChI=1S/C9H17IN2O/c1-11(2)7-9(13)12-5-3-8(10)4-6-12/h8H,3-7H2,1-2H3. The number of alkyl halides is 1. The molecule has 13 heavy (non-hydrogen) atoms. The van der Waals surface area contributed by atoms with Crippen molar-refractivity contribution in [2.75, 3.05) is 33.7 Å². The monoisotopic (exact) mass is 296 g/mol. The van der Waals surface area contributed by atoms with Crippen molar-refractivity contribution < 1.29 is 4.79 Å². The fourth-order valence-corrected chi connectivity index (χ4v) is 2.02. The highest BCUT2D eigenvalue weighted by Gasteiger charge is 2.20. The predicted octanol–water partition coefficient (Wildman–Crippen LogP) is 0.974. The van der Waals surface area contributed by atoms with Crippen molar-refractivity contribution in [3.8, 4) is 0 Å². The molecule has 0 atom stereocenters. The molecular weight excluding hydrogens is 279 g/mol. The van der Waals surface area contributed by atoms with Gasteiger partial charge in [-0.15, -0.1) is 0 Å². The van der Waals surface area contributed by atoms with E-state index in [4.69, 9.17) is 0 Å². The van der Waals surface area contributed by atoms with E-state index in [9.17, 15) is 4.79 Å². The minimum atomic E-state index is 0.272. The summed E-state index contributed by atoms with van der Waals surface area (Å²) in [4.78, 5) is 15.5. The normalized spacial score (nSPS) is 19.5. The molecule has 1 rings (SSSR count). The van der Waals surface area contributed by atoms with E-state index < -0.39 is 0 Å². The Bertz CT molecular complexity index is 176. The van der Waals surface area contributed by atoms with Crippen LogP contribution in [0.4, 0.5) is 0 Å². The third-order valence-corrected chi connectivity index (χ3v) is 3.47. The molecule has 0 saturated carbocycles. The zero-order valence-electron chi connectivity index (χ0n) is 8.29.